The van der Waals surface area contributed by atoms with Crippen LogP contribution in [0, 0.1) is 10.8 Å². The van der Waals surface area contributed by atoms with Gasteiger partial charge in [-0.3, -0.25) is 0 Å². The molecule has 0 nitrogen and oxygen atoms in total. The molecule has 0 saturated heterocycles. The summed E-state index contributed by atoms with van der Waals surface area (Å²) in [6.07, 6.45) is 7.05. The molecule has 0 atom stereocenters. The second kappa shape index (κ2) is 4.71. The summed E-state index contributed by atoms with van der Waals surface area (Å²) < 4.78 is 3.36. The van der Waals surface area contributed by atoms with Gasteiger partial charge < -0.3 is 0 Å². The van der Waals surface area contributed by atoms with Crippen molar-refractivity contribution in [3.63, 3.8) is 0 Å². The van der Waals surface area contributed by atoms with E-state index in [0.29, 0.717) is 10.8 Å². The Bertz CT molecular complexity index is 322. The first-order valence-corrected chi connectivity index (χ1v) is 8.26. The van der Waals surface area contributed by atoms with Crippen LogP contribution in [0.15, 0.2) is 31.0 Å². The van der Waals surface area contributed by atoms with Gasteiger partial charge >= 0.3 is 111 Å². The molecule has 0 radical (unpaired) electrons. The Morgan fingerprint density at radius 2 is 1.25 bits per heavy atom. The van der Waals surface area contributed by atoms with E-state index in [1.54, 1.807) is 7.24 Å². The topological polar surface area (TPSA) is 0 Å². The quantitative estimate of drug-likeness (QED) is 0.573. The third kappa shape index (κ3) is 3.50. The van der Waals surface area contributed by atoms with Crippen molar-refractivity contribution in [2.24, 2.45) is 10.8 Å². The minimum absolute atomic E-state index is 0.145. The number of hydrogen-bond acceptors (Lipinski definition) is 0. The summed E-state index contributed by atoms with van der Waals surface area (Å²) in [5.41, 5.74) is 2.06. The zero-order valence-electron chi connectivity index (χ0n) is 11.6. The summed E-state index contributed by atoms with van der Waals surface area (Å²) in [6, 6.07) is 0. The molecule has 90 valence electrons. The van der Waals surface area contributed by atoms with Crippen LogP contribution in [0.1, 0.15) is 48.5 Å². The average Bonchev–Trinajstić information content (AvgIpc) is 2.14. The Morgan fingerprint density at radius 1 is 0.875 bits per heavy atom. The average molecular weight is 332 g/mol. The van der Waals surface area contributed by atoms with Crippen LogP contribution in [0.2, 0.25) is 0 Å². The van der Waals surface area contributed by atoms with E-state index in [-0.39, 0.29) is 20.9 Å². The molecule has 0 N–H and O–H groups in total. The first-order valence-electron chi connectivity index (χ1n) is 5.93. The van der Waals surface area contributed by atoms with E-state index in [2.05, 4.69) is 66.7 Å². The molecule has 0 fully saturated rings. The molecule has 0 amide bonds. The zero-order chi connectivity index (χ0) is 12.6. The molecule has 1 aliphatic rings. The molecule has 0 aromatic carbocycles. The van der Waals surface area contributed by atoms with Crippen molar-refractivity contribution >= 4 is 20.9 Å². The number of allylic oxidation sites excluding steroid dienone is 6. The maximum atomic E-state index is 2.41. The molecule has 0 bridgehead atoms. The van der Waals surface area contributed by atoms with Gasteiger partial charge in [-0.25, -0.2) is 0 Å². The summed E-state index contributed by atoms with van der Waals surface area (Å²) in [7, 11) is 0. The van der Waals surface area contributed by atoms with Crippen molar-refractivity contribution in [2.45, 2.75) is 48.5 Å². The van der Waals surface area contributed by atoms with E-state index >= 15 is 0 Å². The van der Waals surface area contributed by atoms with Crippen molar-refractivity contribution < 1.29 is 0 Å². The van der Waals surface area contributed by atoms with E-state index < -0.39 is 0 Å². The van der Waals surface area contributed by atoms with Gasteiger partial charge in [-0.15, -0.1) is 0 Å². The molecule has 0 spiro atoms. The van der Waals surface area contributed by atoms with E-state index in [1.807, 2.05) is 0 Å². The standard InChI is InChI=1S/C15H24Te/c1-8-11-9-12(14(2,3)4)16-13(10-11)15(5,6)7/h8-10H,1-7H3. The molecule has 0 aromatic rings. The number of rotatable bonds is 0. The maximum absolute atomic E-state index is 2.41. The van der Waals surface area contributed by atoms with Crippen LogP contribution in [0.25, 0.3) is 0 Å². The summed E-state index contributed by atoms with van der Waals surface area (Å²) in [4.78, 5) is 0. The Balaban J connectivity index is 3.11. The summed E-state index contributed by atoms with van der Waals surface area (Å²) in [5.74, 6) is 0. The fourth-order valence-corrected chi connectivity index (χ4v) is 4.96. The Labute approximate surface area is 111 Å². The Morgan fingerprint density at radius 3 is 1.50 bits per heavy atom. The second-order valence-corrected chi connectivity index (χ2v) is 9.50. The van der Waals surface area contributed by atoms with Gasteiger partial charge in [-0.1, -0.05) is 0 Å². The van der Waals surface area contributed by atoms with Crippen molar-refractivity contribution in [1.29, 1.82) is 0 Å². The fraction of sp³-hybridized carbons (Fsp3) is 0.600. The van der Waals surface area contributed by atoms with Crippen LogP contribution in [0.3, 0.4) is 0 Å². The van der Waals surface area contributed by atoms with Gasteiger partial charge in [0, 0.05) is 0 Å². The molecule has 1 heterocycles. The SMILES string of the molecule is CC=C1C=C(C(C)(C)C)[Te]C(C(C)(C)C)=C1. The third-order valence-corrected chi connectivity index (χ3v) is 8.05. The molecule has 0 saturated carbocycles. The van der Waals surface area contributed by atoms with E-state index in [9.17, 15) is 0 Å². The predicted molar refractivity (Wildman–Crippen MR) is 74.6 cm³/mol. The monoisotopic (exact) mass is 334 g/mol. The summed E-state index contributed by atoms with van der Waals surface area (Å²) >= 11 is -0.145. The van der Waals surface area contributed by atoms with Gasteiger partial charge in [0.1, 0.15) is 0 Å². The zero-order valence-corrected chi connectivity index (χ0v) is 14.0. The molecule has 1 aliphatic heterocycles. The number of hydrogen-bond donors (Lipinski definition) is 0. The van der Waals surface area contributed by atoms with Crippen molar-refractivity contribution in [1.82, 2.24) is 0 Å². The first kappa shape index (κ1) is 14.1. The van der Waals surface area contributed by atoms with Crippen molar-refractivity contribution in [3.8, 4) is 0 Å². The third-order valence-electron chi connectivity index (χ3n) is 2.63. The van der Waals surface area contributed by atoms with Gasteiger partial charge in [0.2, 0.25) is 0 Å². The molecule has 1 rings (SSSR count). The Kier molecular flexibility index (Phi) is 4.14. The Hall–Kier alpha value is 0.00961. The van der Waals surface area contributed by atoms with Crippen LogP contribution in [-0.4, -0.2) is 20.9 Å². The van der Waals surface area contributed by atoms with Crippen LogP contribution in [0.5, 0.6) is 0 Å². The fourth-order valence-electron chi connectivity index (χ4n) is 1.43. The molecular weight excluding hydrogens is 308 g/mol. The van der Waals surface area contributed by atoms with E-state index in [0.717, 1.165) is 0 Å². The van der Waals surface area contributed by atoms with Crippen molar-refractivity contribution in [3.05, 3.63) is 31.0 Å². The van der Waals surface area contributed by atoms with Crippen LogP contribution < -0.4 is 0 Å². The summed E-state index contributed by atoms with van der Waals surface area (Å²) in [5, 5.41) is 0. The van der Waals surface area contributed by atoms with E-state index in [4.69, 9.17) is 0 Å². The first-order chi connectivity index (χ1) is 7.14. The van der Waals surface area contributed by atoms with Gasteiger partial charge in [-0.05, 0) is 0 Å². The minimum atomic E-state index is -0.145. The second-order valence-electron chi connectivity index (χ2n) is 6.41. The molecular formula is C15H24Te. The van der Waals surface area contributed by atoms with Gasteiger partial charge in [0.15, 0.2) is 0 Å². The van der Waals surface area contributed by atoms with Crippen molar-refractivity contribution in [2.75, 3.05) is 0 Å². The van der Waals surface area contributed by atoms with Crippen LogP contribution in [-0.2, 0) is 0 Å². The van der Waals surface area contributed by atoms with Gasteiger partial charge in [0.25, 0.3) is 0 Å². The van der Waals surface area contributed by atoms with E-state index in [1.165, 1.54) is 5.57 Å². The summed E-state index contributed by atoms with van der Waals surface area (Å²) in [6.45, 7) is 16.1. The predicted octanol–water partition coefficient (Wildman–Crippen LogP) is 4.51. The van der Waals surface area contributed by atoms with Crippen LogP contribution >= 0.6 is 0 Å². The van der Waals surface area contributed by atoms with Gasteiger partial charge in [0.05, 0.1) is 0 Å². The van der Waals surface area contributed by atoms with Crippen LogP contribution in [0.4, 0.5) is 0 Å². The molecule has 16 heavy (non-hydrogen) atoms. The molecule has 0 aromatic heterocycles. The molecule has 1 heteroatoms. The normalized spacial score (nSPS) is 18.1. The molecule has 0 unspecified atom stereocenters. The van der Waals surface area contributed by atoms with Gasteiger partial charge in [-0.2, -0.15) is 0 Å². The molecule has 0 aliphatic carbocycles.